The van der Waals surface area contributed by atoms with Gasteiger partial charge < -0.3 is 15.0 Å². The quantitative estimate of drug-likeness (QED) is 0.720. The number of rotatable bonds is 4. The van der Waals surface area contributed by atoms with Crippen molar-refractivity contribution in [1.29, 1.82) is 0 Å². The molecule has 0 saturated carbocycles. The lowest BCUT2D eigenvalue weighted by atomic mass is 9.84. The van der Waals surface area contributed by atoms with Gasteiger partial charge in [0.05, 0.1) is 6.61 Å². The lowest BCUT2D eigenvalue weighted by molar-refractivity contribution is 0.0597. The van der Waals surface area contributed by atoms with E-state index >= 15 is 0 Å². The molecule has 0 spiro atoms. The Bertz CT molecular complexity index is 178. The first-order chi connectivity index (χ1) is 6.79. The molecule has 2 atom stereocenters. The molecule has 3 saturated heterocycles. The van der Waals surface area contributed by atoms with E-state index in [0.29, 0.717) is 12.1 Å². The fourth-order valence-corrected chi connectivity index (χ4v) is 2.82. The van der Waals surface area contributed by atoms with Crippen LogP contribution in [0.3, 0.4) is 0 Å². The van der Waals surface area contributed by atoms with Crippen molar-refractivity contribution in [3.05, 3.63) is 0 Å². The maximum Gasteiger partial charge on any atom is 0.0613 e. The summed E-state index contributed by atoms with van der Waals surface area (Å²) >= 11 is 0. The molecule has 0 aromatic carbocycles. The molecule has 1 N–H and O–H groups in total. The van der Waals surface area contributed by atoms with Gasteiger partial charge in [0, 0.05) is 25.7 Å². The van der Waals surface area contributed by atoms with Gasteiger partial charge in [-0.3, -0.25) is 0 Å². The standard InChI is InChI=1S/C11H22N2O/c1-9(8-14-2)12-11-7-13-5-3-10(11)4-6-13/h9-12H,3-8H2,1-2H3. The number of nitrogens with zero attached hydrogens (tertiary/aromatic N) is 1. The Balaban J connectivity index is 1.80. The van der Waals surface area contributed by atoms with E-state index in [0.717, 1.165) is 12.5 Å². The first kappa shape index (κ1) is 10.4. The third-order valence-electron chi connectivity index (χ3n) is 3.57. The lowest BCUT2D eigenvalue weighted by Gasteiger charge is -2.46. The van der Waals surface area contributed by atoms with Crippen molar-refractivity contribution in [3.63, 3.8) is 0 Å². The van der Waals surface area contributed by atoms with Crippen molar-refractivity contribution in [1.82, 2.24) is 10.2 Å². The van der Waals surface area contributed by atoms with Crippen LogP contribution >= 0.6 is 0 Å². The number of piperidine rings is 3. The molecule has 14 heavy (non-hydrogen) atoms. The number of ether oxygens (including phenoxy) is 1. The summed E-state index contributed by atoms with van der Waals surface area (Å²) in [4.78, 5) is 2.58. The van der Waals surface area contributed by atoms with E-state index in [1.165, 1.54) is 32.5 Å². The maximum absolute atomic E-state index is 5.15. The summed E-state index contributed by atoms with van der Waals surface area (Å²) in [7, 11) is 1.77. The Morgan fingerprint density at radius 1 is 1.43 bits per heavy atom. The molecule has 3 fully saturated rings. The first-order valence-electron chi connectivity index (χ1n) is 5.77. The molecule has 0 aromatic heterocycles. The summed E-state index contributed by atoms with van der Waals surface area (Å²) in [6.45, 7) is 6.92. The van der Waals surface area contributed by atoms with Crippen molar-refractivity contribution in [2.24, 2.45) is 5.92 Å². The van der Waals surface area contributed by atoms with Crippen LogP contribution in [0.5, 0.6) is 0 Å². The van der Waals surface area contributed by atoms with Gasteiger partial charge in [-0.2, -0.15) is 0 Å². The highest BCUT2D eigenvalue weighted by molar-refractivity contribution is 4.91. The van der Waals surface area contributed by atoms with Gasteiger partial charge in [0.2, 0.25) is 0 Å². The van der Waals surface area contributed by atoms with Crippen molar-refractivity contribution in [3.8, 4) is 0 Å². The summed E-state index contributed by atoms with van der Waals surface area (Å²) in [6.07, 6.45) is 2.77. The second kappa shape index (κ2) is 4.60. The Labute approximate surface area is 86.8 Å². The molecule has 0 amide bonds. The third kappa shape index (κ3) is 2.27. The first-order valence-corrected chi connectivity index (χ1v) is 5.77. The minimum absolute atomic E-state index is 0.491. The van der Waals surface area contributed by atoms with Crippen molar-refractivity contribution in [2.45, 2.75) is 31.8 Å². The van der Waals surface area contributed by atoms with E-state index in [-0.39, 0.29) is 0 Å². The lowest BCUT2D eigenvalue weighted by Crippen LogP contribution is -2.58. The summed E-state index contributed by atoms with van der Waals surface area (Å²) < 4.78 is 5.15. The van der Waals surface area contributed by atoms with Gasteiger partial charge in [-0.15, -0.1) is 0 Å². The van der Waals surface area contributed by atoms with Gasteiger partial charge in [-0.25, -0.2) is 0 Å². The largest absolute Gasteiger partial charge is 0.383 e. The molecule has 3 rings (SSSR count). The summed E-state index contributed by atoms with van der Waals surface area (Å²) in [5, 5.41) is 3.68. The molecule has 82 valence electrons. The minimum atomic E-state index is 0.491. The average molecular weight is 198 g/mol. The molecule has 0 radical (unpaired) electrons. The molecule has 3 heterocycles. The predicted molar refractivity (Wildman–Crippen MR) is 57.4 cm³/mol. The highest BCUT2D eigenvalue weighted by atomic mass is 16.5. The molecule has 0 aromatic rings. The maximum atomic E-state index is 5.15. The number of fused-ring (bicyclic) bond motifs is 3. The highest BCUT2D eigenvalue weighted by Gasteiger charge is 2.34. The van der Waals surface area contributed by atoms with E-state index in [2.05, 4.69) is 17.1 Å². The number of hydrogen-bond acceptors (Lipinski definition) is 3. The SMILES string of the molecule is COCC(C)NC1CN2CCC1CC2. The second-order valence-corrected chi connectivity index (χ2v) is 4.77. The number of nitrogens with one attached hydrogen (secondary N) is 1. The van der Waals surface area contributed by atoms with Crippen LogP contribution in [0.2, 0.25) is 0 Å². The number of hydrogen-bond donors (Lipinski definition) is 1. The van der Waals surface area contributed by atoms with Crippen LogP contribution in [-0.4, -0.2) is 50.3 Å². The van der Waals surface area contributed by atoms with Crippen molar-refractivity contribution in [2.75, 3.05) is 33.4 Å². The van der Waals surface area contributed by atoms with E-state index in [1.54, 1.807) is 7.11 Å². The Morgan fingerprint density at radius 2 is 2.14 bits per heavy atom. The molecule has 3 heteroatoms. The molecule has 0 aliphatic carbocycles. The molecule has 3 nitrogen and oxygen atoms in total. The van der Waals surface area contributed by atoms with Crippen molar-refractivity contribution < 1.29 is 4.74 Å². The summed E-state index contributed by atoms with van der Waals surface area (Å²) in [5.74, 6) is 0.916. The topological polar surface area (TPSA) is 24.5 Å². The van der Waals surface area contributed by atoms with Gasteiger partial charge >= 0.3 is 0 Å². The van der Waals surface area contributed by atoms with E-state index in [4.69, 9.17) is 4.74 Å². The monoisotopic (exact) mass is 198 g/mol. The zero-order valence-electron chi connectivity index (χ0n) is 9.33. The zero-order valence-corrected chi connectivity index (χ0v) is 9.33. The van der Waals surface area contributed by atoms with Crippen LogP contribution in [0, 0.1) is 5.92 Å². The summed E-state index contributed by atoms with van der Waals surface area (Å²) in [6, 6.07) is 1.20. The molecule has 3 aliphatic heterocycles. The normalized spacial score (nSPS) is 38.6. The molecule has 2 unspecified atom stereocenters. The van der Waals surface area contributed by atoms with Gasteiger partial charge in [0.15, 0.2) is 0 Å². The highest BCUT2D eigenvalue weighted by Crippen LogP contribution is 2.27. The zero-order chi connectivity index (χ0) is 9.97. The number of methoxy groups -OCH3 is 1. The van der Waals surface area contributed by atoms with Gasteiger partial charge in [-0.05, 0) is 38.8 Å². The van der Waals surface area contributed by atoms with E-state index in [1.807, 2.05) is 0 Å². The van der Waals surface area contributed by atoms with Crippen LogP contribution in [0.15, 0.2) is 0 Å². The van der Waals surface area contributed by atoms with Gasteiger partial charge in [0.1, 0.15) is 0 Å². The average Bonchev–Trinajstić information content (AvgIpc) is 2.19. The molecule has 2 bridgehead atoms. The van der Waals surface area contributed by atoms with Crippen LogP contribution in [0.4, 0.5) is 0 Å². The van der Waals surface area contributed by atoms with Crippen molar-refractivity contribution >= 4 is 0 Å². The van der Waals surface area contributed by atoms with Crippen LogP contribution < -0.4 is 5.32 Å². The molecular weight excluding hydrogens is 176 g/mol. The smallest absolute Gasteiger partial charge is 0.0613 e. The fraction of sp³-hybridized carbons (Fsp3) is 1.00. The molecular formula is C11H22N2O. The predicted octanol–water partition coefficient (Wildman–Crippen LogP) is 0.705. The fourth-order valence-electron chi connectivity index (χ4n) is 2.82. The second-order valence-electron chi connectivity index (χ2n) is 4.77. The Kier molecular flexibility index (Phi) is 3.42. The van der Waals surface area contributed by atoms with Crippen LogP contribution in [0.1, 0.15) is 19.8 Å². The Hall–Kier alpha value is -0.120. The van der Waals surface area contributed by atoms with Crippen LogP contribution in [-0.2, 0) is 4.74 Å². The van der Waals surface area contributed by atoms with E-state index < -0.39 is 0 Å². The van der Waals surface area contributed by atoms with Gasteiger partial charge in [0.25, 0.3) is 0 Å². The summed E-state index contributed by atoms with van der Waals surface area (Å²) in [5.41, 5.74) is 0. The Morgan fingerprint density at radius 3 is 2.64 bits per heavy atom. The minimum Gasteiger partial charge on any atom is -0.383 e. The van der Waals surface area contributed by atoms with Gasteiger partial charge in [-0.1, -0.05) is 0 Å². The van der Waals surface area contributed by atoms with E-state index in [9.17, 15) is 0 Å². The molecule has 3 aliphatic rings. The van der Waals surface area contributed by atoms with Crippen LogP contribution in [0.25, 0.3) is 0 Å². The third-order valence-corrected chi connectivity index (χ3v) is 3.57.